The fourth-order valence-electron chi connectivity index (χ4n) is 4.39. The topological polar surface area (TPSA) is 49.9 Å². The van der Waals surface area contributed by atoms with Crippen LogP contribution in [0.4, 0.5) is 5.69 Å². The van der Waals surface area contributed by atoms with Gasteiger partial charge in [-0.05, 0) is 61.4 Å². The van der Waals surface area contributed by atoms with Crippen molar-refractivity contribution >= 4 is 23.1 Å². The lowest BCUT2D eigenvalue weighted by atomic mass is 9.96. The summed E-state index contributed by atoms with van der Waals surface area (Å²) in [6, 6.07) is 13.1. The van der Waals surface area contributed by atoms with Gasteiger partial charge in [-0.1, -0.05) is 37.3 Å². The van der Waals surface area contributed by atoms with Gasteiger partial charge in [-0.3, -0.25) is 9.59 Å². The molecular weight excluding hydrogens is 376 g/mol. The lowest BCUT2D eigenvalue weighted by Crippen LogP contribution is -2.39. The van der Waals surface area contributed by atoms with Crippen molar-refractivity contribution in [2.75, 3.05) is 25.1 Å². The first-order valence-corrected chi connectivity index (χ1v) is 10.5. The highest BCUT2D eigenvalue weighted by Gasteiger charge is 2.44. The Morgan fingerprint density at radius 2 is 1.77 bits per heavy atom. The zero-order valence-corrected chi connectivity index (χ0v) is 18.1. The smallest absolute Gasteiger partial charge is 0.282 e. The van der Waals surface area contributed by atoms with Crippen molar-refractivity contribution in [3.8, 4) is 5.75 Å². The molecule has 2 amide bonds. The Hall–Kier alpha value is -3.08. The van der Waals surface area contributed by atoms with Crippen LogP contribution in [0.15, 0.2) is 48.2 Å². The maximum Gasteiger partial charge on any atom is 0.282 e. The van der Waals surface area contributed by atoms with Gasteiger partial charge >= 0.3 is 0 Å². The Balaban J connectivity index is 1.87. The second-order valence-corrected chi connectivity index (χ2v) is 8.33. The van der Waals surface area contributed by atoms with Crippen molar-refractivity contribution in [3.63, 3.8) is 0 Å². The van der Waals surface area contributed by atoms with E-state index in [1.807, 2.05) is 44.2 Å². The van der Waals surface area contributed by atoms with E-state index in [0.717, 1.165) is 42.6 Å². The minimum Gasteiger partial charge on any atom is -0.495 e. The predicted molar refractivity (Wildman–Crippen MR) is 118 cm³/mol. The van der Waals surface area contributed by atoms with E-state index in [2.05, 4.69) is 11.8 Å². The van der Waals surface area contributed by atoms with Crippen LogP contribution in [0.2, 0.25) is 0 Å². The van der Waals surface area contributed by atoms with E-state index in [1.54, 1.807) is 19.2 Å². The van der Waals surface area contributed by atoms with Crippen LogP contribution >= 0.6 is 0 Å². The fourth-order valence-corrected chi connectivity index (χ4v) is 4.39. The Morgan fingerprint density at radius 1 is 1.00 bits per heavy atom. The van der Waals surface area contributed by atoms with E-state index in [9.17, 15) is 9.59 Å². The number of benzene rings is 2. The number of nitrogens with zero attached hydrogens (tertiary/aromatic N) is 2. The number of rotatable bonds is 4. The molecule has 1 unspecified atom stereocenters. The third kappa shape index (κ3) is 3.38. The Bertz CT molecular complexity index is 1040. The average Bonchev–Trinajstić information content (AvgIpc) is 3.00. The normalized spacial score (nSPS) is 19.7. The predicted octanol–water partition coefficient (Wildman–Crippen LogP) is 4.33. The van der Waals surface area contributed by atoms with Crippen LogP contribution in [-0.2, 0) is 9.59 Å². The minimum absolute atomic E-state index is 0.271. The molecule has 2 aliphatic heterocycles. The summed E-state index contributed by atoms with van der Waals surface area (Å²) in [5.41, 5.74) is 4.54. The Kier molecular flexibility index (Phi) is 5.37. The van der Waals surface area contributed by atoms with E-state index in [-0.39, 0.29) is 11.8 Å². The summed E-state index contributed by atoms with van der Waals surface area (Å²) in [5, 5.41) is 0. The maximum absolute atomic E-state index is 13.7. The van der Waals surface area contributed by atoms with Gasteiger partial charge in [0.15, 0.2) is 0 Å². The third-order valence-corrected chi connectivity index (χ3v) is 6.15. The molecule has 1 fully saturated rings. The molecule has 0 spiro atoms. The van der Waals surface area contributed by atoms with Crippen LogP contribution in [0.1, 0.15) is 36.5 Å². The molecule has 1 atom stereocenters. The molecule has 0 bridgehead atoms. The molecule has 2 aromatic carbocycles. The van der Waals surface area contributed by atoms with Crippen LogP contribution in [0.5, 0.6) is 5.75 Å². The number of hydrogen-bond acceptors (Lipinski definition) is 4. The number of piperidine rings is 1. The number of hydrogen-bond donors (Lipinski definition) is 0. The maximum atomic E-state index is 13.7. The summed E-state index contributed by atoms with van der Waals surface area (Å²) in [7, 11) is 1.55. The summed E-state index contributed by atoms with van der Waals surface area (Å²) in [6.07, 6.45) is 2.15. The molecule has 30 heavy (non-hydrogen) atoms. The van der Waals surface area contributed by atoms with E-state index in [0.29, 0.717) is 28.6 Å². The first kappa shape index (κ1) is 20.2. The zero-order chi connectivity index (χ0) is 21.4. The Morgan fingerprint density at radius 3 is 2.47 bits per heavy atom. The van der Waals surface area contributed by atoms with Crippen molar-refractivity contribution in [3.05, 3.63) is 64.9 Å². The average molecular weight is 405 g/mol. The summed E-state index contributed by atoms with van der Waals surface area (Å²) < 4.78 is 5.45. The first-order chi connectivity index (χ1) is 14.4. The van der Waals surface area contributed by atoms with Crippen molar-refractivity contribution in [1.29, 1.82) is 0 Å². The van der Waals surface area contributed by atoms with Gasteiger partial charge < -0.3 is 9.64 Å². The van der Waals surface area contributed by atoms with Gasteiger partial charge in [-0.25, -0.2) is 4.90 Å². The molecule has 1 saturated heterocycles. The molecule has 5 heteroatoms. The number of carbonyl (C=O) groups excluding carboxylic acids is 2. The quantitative estimate of drug-likeness (QED) is 0.712. The van der Waals surface area contributed by atoms with Gasteiger partial charge in [-0.15, -0.1) is 0 Å². The molecular formula is C25H28N2O3. The largest absolute Gasteiger partial charge is 0.495 e. The lowest BCUT2D eigenvalue weighted by Gasteiger charge is -2.33. The number of carbonyl (C=O) groups is 2. The monoisotopic (exact) mass is 404 g/mol. The summed E-state index contributed by atoms with van der Waals surface area (Å²) in [4.78, 5) is 30.7. The number of ether oxygens (including phenoxy) is 1. The summed E-state index contributed by atoms with van der Waals surface area (Å²) >= 11 is 0. The first-order valence-electron chi connectivity index (χ1n) is 10.5. The SMILES string of the molecule is COc1ccccc1N1C(=O)C(c2ccc(C)c(C)c2)=C(N2CCCC(C)C2)C1=O. The number of likely N-dealkylation sites (tertiary alicyclic amines) is 1. The molecule has 0 N–H and O–H groups in total. The molecule has 0 radical (unpaired) electrons. The van der Waals surface area contributed by atoms with Crippen LogP contribution in [0, 0.1) is 19.8 Å². The number of anilines is 1. The molecule has 0 saturated carbocycles. The van der Waals surface area contributed by atoms with Crippen LogP contribution in [0.3, 0.4) is 0 Å². The number of methoxy groups -OCH3 is 1. The molecule has 5 nitrogen and oxygen atoms in total. The molecule has 0 aromatic heterocycles. The standard InChI is InChI=1S/C25H28N2O3/c1-16-8-7-13-26(15-16)23-22(19-12-11-17(2)18(3)14-19)24(28)27(25(23)29)20-9-5-6-10-21(20)30-4/h5-6,9-12,14,16H,7-8,13,15H2,1-4H3. The minimum atomic E-state index is -0.291. The lowest BCUT2D eigenvalue weighted by molar-refractivity contribution is -0.120. The summed E-state index contributed by atoms with van der Waals surface area (Å²) in [6.45, 7) is 7.84. The Labute approximate surface area is 177 Å². The highest BCUT2D eigenvalue weighted by atomic mass is 16.5. The second-order valence-electron chi connectivity index (χ2n) is 8.33. The van der Waals surface area contributed by atoms with E-state index in [4.69, 9.17) is 4.74 Å². The van der Waals surface area contributed by atoms with Gasteiger partial charge in [0.25, 0.3) is 11.8 Å². The van der Waals surface area contributed by atoms with E-state index < -0.39 is 0 Å². The summed E-state index contributed by atoms with van der Waals surface area (Å²) in [5.74, 6) is 0.426. The van der Waals surface area contributed by atoms with Gasteiger partial charge in [0, 0.05) is 13.1 Å². The van der Waals surface area contributed by atoms with Gasteiger partial charge in [0.2, 0.25) is 0 Å². The van der Waals surface area contributed by atoms with Crippen molar-refractivity contribution < 1.29 is 14.3 Å². The number of amides is 2. The highest BCUT2D eigenvalue weighted by molar-refractivity contribution is 6.45. The van der Waals surface area contributed by atoms with Gasteiger partial charge in [-0.2, -0.15) is 0 Å². The third-order valence-electron chi connectivity index (χ3n) is 6.15. The zero-order valence-electron chi connectivity index (χ0n) is 18.1. The van der Waals surface area contributed by atoms with E-state index >= 15 is 0 Å². The second kappa shape index (κ2) is 7.98. The van der Waals surface area contributed by atoms with Gasteiger partial charge in [0.05, 0.1) is 18.4 Å². The van der Waals surface area contributed by atoms with Gasteiger partial charge in [0.1, 0.15) is 11.4 Å². The molecule has 4 rings (SSSR count). The molecule has 2 heterocycles. The number of imide groups is 1. The van der Waals surface area contributed by atoms with Crippen LogP contribution in [-0.4, -0.2) is 36.9 Å². The molecule has 0 aliphatic carbocycles. The number of aryl methyl sites for hydroxylation is 2. The van der Waals surface area contributed by atoms with Crippen molar-refractivity contribution in [2.24, 2.45) is 5.92 Å². The highest BCUT2D eigenvalue weighted by Crippen LogP contribution is 2.39. The number of para-hydroxylation sites is 2. The molecule has 156 valence electrons. The van der Waals surface area contributed by atoms with Crippen molar-refractivity contribution in [1.82, 2.24) is 4.90 Å². The molecule has 2 aliphatic rings. The van der Waals surface area contributed by atoms with Crippen molar-refractivity contribution in [2.45, 2.75) is 33.6 Å². The van der Waals surface area contributed by atoms with Crippen LogP contribution in [0.25, 0.3) is 5.57 Å². The molecule has 2 aromatic rings. The van der Waals surface area contributed by atoms with Crippen LogP contribution < -0.4 is 9.64 Å². The fraction of sp³-hybridized carbons (Fsp3) is 0.360. The van der Waals surface area contributed by atoms with E-state index in [1.165, 1.54) is 4.90 Å².